The van der Waals surface area contributed by atoms with Gasteiger partial charge in [-0.1, -0.05) is 11.8 Å². The average Bonchev–Trinajstić information content (AvgIpc) is 3.05. The van der Waals surface area contributed by atoms with E-state index in [9.17, 15) is 10.1 Å². The molecule has 0 aliphatic heterocycles. The second-order valence-electron chi connectivity index (χ2n) is 4.95. The lowest BCUT2D eigenvalue weighted by Crippen LogP contribution is -2.12. The molecule has 1 heterocycles. The van der Waals surface area contributed by atoms with E-state index in [1.807, 2.05) is 24.6 Å². The summed E-state index contributed by atoms with van der Waals surface area (Å²) in [4.78, 5) is 22.3. The van der Waals surface area contributed by atoms with E-state index in [0.29, 0.717) is 27.7 Å². The van der Waals surface area contributed by atoms with Crippen LogP contribution in [0.4, 0.5) is 11.4 Å². The number of imidazole rings is 1. The van der Waals surface area contributed by atoms with Crippen LogP contribution in [-0.2, 0) is 0 Å². The molecule has 124 valence electrons. The van der Waals surface area contributed by atoms with Gasteiger partial charge in [-0.05, 0) is 36.6 Å². The second kappa shape index (κ2) is 7.02. The Bertz CT molecular complexity index is 1000. The first-order valence-electron chi connectivity index (χ1n) is 7.13. The SMILES string of the molecule is CSC(=Nc1ccc(-c2nc3ccc([N+](=O)[O-])cc3[nH]2)cc1)NC#N. The number of aromatic nitrogens is 2. The molecule has 3 rings (SSSR count). The Hall–Kier alpha value is -3.38. The normalized spacial score (nSPS) is 11.3. The number of non-ortho nitro benzene ring substituents is 1. The smallest absolute Gasteiger partial charge is 0.271 e. The van der Waals surface area contributed by atoms with Crippen molar-refractivity contribution in [1.82, 2.24) is 15.3 Å². The molecule has 0 aliphatic carbocycles. The summed E-state index contributed by atoms with van der Waals surface area (Å²) in [7, 11) is 0. The first-order valence-corrected chi connectivity index (χ1v) is 8.35. The number of aliphatic imine (C=N–C) groups is 1. The van der Waals surface area contributed by atoms with Gasteiger partial charge < -0.3 is 4.98 Å². The van der Waals surface area contributed by atoms with Crippen LogP contribution >= 0.6 is 11.8 Å². The third-order valence-electron chi connectivity index (χ3n) is 3.40. The van der Waals surface area contributed by atoms with Gasteiger partial charge >= 0.3 is 0 Å². The Morgan fingerprint density at radius 3 is 2.76 bits per heavy atom. The summed E-state index contributed by atoms with van der Waals surface area (Å²) in [5.74, 6) is 0.617. The number of nitrogens with zero attached hydrogens (tertiary/aromatic N) is 4. The maximum Gasteiger partial charge on any atom is 0.271 e. The number of benzene rings is 2. The van der Waals surface area contributed by atoms with Gasteiger partial charge in [0.1, 0.15) is 5.82 Å². The molecule has 0 bridgehead atoms. The summed E-state index contributed by atoms with van der Waals surface area (Å²) in [6, 6.07) is 11.8. The lowest BCUT2D eigenvalue weighted by atomic mass is 10.2. The minimum Gasteiger partial charge on any atom is -0.338 e. The van der Waals surface area contributed by atoms with Crippen molar-refractivity contribution >= 4 is 39.3 Å². The molecule has 3 aromatic rings. The summed E-state index contributed by atoms with van der Waals surface area (Å²) in [5, 5.41) is 22.5. The molecule has 2 aromatic carbocycles. The number of fused-ring (bicyclic) bond motifs is 1. The van der Waals surface area contributed by atoms with Crippen LogP contribution in [0.5, 0.6) is 0 Å². The zero-order valence-corrected chi connectivity index (χ0v) is 13.9. The molecule has 0 atom stereocenters. The van der Waals surface area contributed by atoms with Crippen molar-refractivity contribution in [3.63, 3.8) is 0 Å². The van der Waals surface area contributed by atoms with Crippen LogP contribution in [0, 0.1) is 21.6 Å². The van der Waals surface area contributed by atoms with Crippen molar-refractivity contribution < 1.29 is 4.92 Å². The fraction of sp³-hybridized carbons (Fsp3) is 0.0625. The maximum atomic E-state index is 10.9. The molecule has 0 radical (unpaired) electrons. The minimum atomic E-state index is -0.439. The topological polar surface area (TPSA) is 120 Å². The second-order valence-corrected chi connectivity index (χ2v) is 5.74. The van der Waals surface area contributed by atoms with E-state index < -0.39 is 4.92 Å². The standard InChI is InChI=1S/C16H12N6O2S/c1-25-16(18-9-17)19-11-4-2-10(3-5-11)15-20-13-7-6-12(22(23)24)8-14(13)21-15/h2-8H,1H3,(H,18,19)(H,20,21). The number of thioether (sulfide) groups is 1. The number of nitro benzene ring substituents is 1. The molecule has 9 heteroatoms. The molecule has 0 aliphatic rings. The maximum absolute atomic E-state index is 10.9. The number of hydrogen-bond acceptors (Lipinski definition) is 6. The molecule has 0 fully saturated rings. The van der Waals surface area contributed by atoms with Crippen LogP contribution in [0.3, 0.4) is 0 Å². The fourth-order valence-corrected chi connectivity index (χ4v) is 2.58. The Morgan fingerprint density at radius 1 is 1.36 bits per heavy atom. The van der Waals surface area contributed by atoms with Gasteiger partial charge in [0, 0.05) is 17.7 Å². The van der Waals surface area contributed by atoms with Crippen LogP contribution in [0.25, 0.3) is 22.4 Å². The van der Waals surface area contributed by atoms with Gasteiger partial charge in [0.15, 0.2) is 11.4 Å². The summed E-state index contributed by atoms with van der Waals surface area (Å²) in [6.45, 7) is 0. The minimum absolute atomic E-state index is 0.0157. The van der Waals surface area contributed by atoms with Crippen molar-refractivity contribution in [1.29, 1.82) is 5.26 Å². The summed E-state index contributed by atoms with van der Waals surface area (Å²) >= 11 is 1.34. The predicted molar refractivity (Wildman–Crippen MR) is 97.5 cm³/mol. The molecular formula is C16H12N6O2S. The van der Waals surface area contributed by atoms with E-state index in [4.69, 9.17) is 5.26 Å². The number of aromatic amines is 1. The van der Waals surface area contributed by atoms with Crippen LogP contribution in [0.15, 0.2) is 47.5 Å². The Balaban J connectivity index is 1.91. The van der Waals surface area contributed by atoms with Crippen LogP contribution in [0.2, 0.25) is 0 Å². The molecule has 0 amide bonds. The molecule has 0 unspecified atom stereocenters. The van der Waals surface area contributed by atoms with E-state index in [1.165, 1.54) is 23.9 Å². The van der Waals surface area contributed by atoms with Crippen LogP contribution in [-0.4, -0.2) is 26.3 Å². The van der Waals surface area contributed by atoms with Crippen LogP contribution < -0.4 is 5.32 Å². The van der Waals surface area contributed by atoms with Gasteiger partial charge in [-0.15, -0.1) is 0 Å². The highest BCUT2D eigenvalue weighted by Gasteiger charge is 2.10. The van der Waals surface area contributed by atoms with Crippen molar-refractivity contribution in [2.24, 2.45) is 4.99 Å². The monoisotopic (exact) mass is 352 g/mol. The molecule has 2 N–H and O–H groups in total. The van der Waals surface area contributed by atoms with Crippen molar-refractivity contribution in [2.45, 2.75) is 0 Å². The first-order chi connectivity index (χ1) is 12.1. The van der Waals surface area contributed by atoms with Gasteiger partial charge in [-0.2, -0.15) is 5.26 Å². The number of nitro groups is 1. The molecular weight excluding hydrogens is 340 g/mol. The lowest BCUT2D eigenvalue weighted by Gasteiger charge is -2.01. The molecule has 0 saturated heterocycles. The summed E-state index contributed by atoms with van der Waals surface area (Å²) in [6.07, 6.45) is 3.66. The number of H-pyrrole nitrogens is 1. The lowest BCUT2D eigenvalue weighted by molar-refractivity contribution is -0.384. The average molecular weight is 352 g/mol. The highest BCUT2D eigenvalue weighted by Crippen LogP contribution is 2.25. The molecule has 0 spiro atoms. The highest BCUT2D eigenvalue weighted by atomic mass is 32.2. The van der Waals surface area contributed by atoms with E-state index in [0.717, 1.165) is 5.56 Å². The number of rotatable bonds is 3. The number of amidine groups is 1. The summed E-state index contributed by atoms with van der Waals surface area (Å²) in [5.41, 5.74) is 2.81. The van der Waals surface area contributed by atoms with Crippen molar-refractivity contribution in [3.8, 4) is 17.6 Å². The van der Waals surface area contributed by atoms with E-state index >= 15 is 0 Å². The Kier molecular flexibility index (Phi) is 4.63. The van der Waals surface area contributed by atoms with Crippen LogP contribution in [0.1, 0.15) is 0 Å². The van der Waals surface area contributed by atoms with Crippen molar-refractivity contribution in [2.75, 3.05) is 6.26 Å². The van der Waals surface area contributed by atoms with Crippen molar-refractivity contribution in [3.05, 3.63) is 52.6 Å². The van der Waals surface area contributed by atoms with E-state index in [-0.39, 0.29) is 5.69 Å². The Morgan fingerprint density at radius 2 is 2.12 bits per heavy atom. The third-order valence-corrected chi connectivity index (χ3v) is 3.98. The number of nitriles is 1. The predicted octanol–water partition coefficient (Wildman–Crippen LogP) is 3.56. The van der Waals surface area contributed by atoms with Gasteiger partial charge in [0.25, 0.3) is 5.69 Å². The summed E-state index contributed by atoms with van der Waals surface area (Å²) < 4.78 is 0. The van der Waals surface area contributed by atoms with E-state index in [2.05, 4.69) is 20.3 Å². The number of nitrogens with one attached hydrogen (secondary N) is 2. The zero-order valence-electron chi connectivity index (χ0n) is 13.1. The highest BCUT2D eigenvalue weighted by molar-refractivity contribution is 8.13. The first kappa shape index (κ1) is 16.5. The third kappa shape index (κ3) is 3.59. The van der Waals surface area contributed by atoms with Gasteiger partial charge in [-0.3, -0.25) is 15.4 Å². The molecule has 8 nitrogen and oxygen atoms in total. The largest absolute Gasteiger partial charge is 0.338 e. The molecule has 1 aromatic heterocycles. The van der Waals surface area contributed by atoms with E-state index in [1.54, 1.807) is 18.2 Å². The number of hydrogen-bond donors (Lipinski definition) is 2. The Labute approximate surface area is 146 Å². The van der Waals surface area contributed by atoms with Gasteiger partial charge in [-0.25, -0.2) is 9.98 Å². The fourth-order valence-electron chi connectivity index (χ4n) is 2.23. The quantitative estimate of drug-likeness (QED) is 0.186. The molecule has 25 heavy (non-hydrogen) atoms. The van der Waals surface area contributed by atoms with Gasteiger partial charge in [0.2, 0.25) is 0 Å². The van der Waals surface area contributed by atoms with Gasteiger partial charge in [0.05, 0.1) is 21.6 Å². The molecule has 0 saturated carbocycles. The zero-order chi connectivity index (χ0) is 17.8.